The molecule has 1 aromatic rings. The summed E-state index contributed by atoms with van der Waals surface area (Å²) in [5, 5.41) is 14.6. The molecule has 6 nitrogen and oxygen atoms in total. The van der Waals surface area contributed by atoms with Crippen LogP contribution >= 0.6 is 0 Å². The summed E-state index contributed by atoms with van der Waals surface area (Å²) in [5.41, 5.74) is 1.54. The summed E-state index contributed by atoms with van der Waals surface area (Å²) in [5.74, 6) is 0.105. The lowest BCUT2D eigenvalue weighted by Crippen LogP contribution is -2.37. The average molecular weight is 275 g/mol. The molecular weight excluding hydrogens is 258 g/mol. The molecule has 2 heterocycles. The number of fused-ring (bicyclic) bond motifs is 1. The fourth-order valence-corrected chi connectivity index (χ4v) is 3.25. The van der Waals surface area contributed by atoms with Crippen molar-refractivity contribution in [1.82, 2.24) is 4.90 Å². The molecule has 20 heavy (non-hydrogen) atoms. The Hall–Kier alpha value is -2.11. The van der Waals surface area contributed by atoms with Gasteiger partial charge in [0, 0.05) is 30.8 Å². The highest BCUT2D eigenvalue weighted by molar-refractivity contribution is 5.79. The summed E-state index contributed by atoms with van der Waals surface area (Å²) in [6.45, 7) is 2.73. The molecule has 1 saturated heterocycles. The number of amides is 1. The maximum atomic E-state index is 12.0. The number of carbonyl (C=O) groups excluding carboxylic acids is 1. The van der Waals surface area contributed by atoms with Crippen molar-refractivity contribution < 1.29 is 9.72 Å². The molecule has 1 aromatic carbocycles. The molecule has 0 bridgehead atoms. The Bertz CT molecular complexity index is 573. The molecule has 2 atom stereocenters. The van der Waals surface area contributed by atoms with Gasteiger partial charge in [-0.2, -0.15) is 0 Å². The number of nitro benzene ring substituents is 1. The fraction of sp³-hybridized carbons (Fsp3) is 0.500. The van der Waals surface area contributed by atoms with Crippen molar-refractivity contribution in [3.05, 3.63) is 33.9 Å². The van der Waals surface area contributed by atoms with Crippen molar-refractivity contribution in [3.63, 3.8) is 0 Å². The van der Waals surface area contributed by atoms with Crippen LogP contribution in [0.4, 0.5) is 11.4 Å². The van der Waals surface area contributed by atoms with Gasteiger partial charge in [0.05, 0.1) is 16.5 Å². The predicted octanol–water partition coefficient (Wildman–Crippen LogP) is 2.46. The standard InChI is InChI=1S/C14H17N3O3/c1-9-8-12(16-7-3-6-13(16)18)14-10(15-9)4-2-5-11(14)17(19)20/h2,4-5,9,12,15H,3,6-8H2,1H3. The van der Waals surface area contributed by atoms with Crippen LogP contribution in [0.3, 0.4) is 0 Å². The number of nitrogens with zero attached hydrogens (tertiary/aromatic N) is 2. The zero-order valence-electron chi connectivity index (χ0n) is 11.3. The Morgan fingerprint density at radius 2 is 2.25 bits per heavy atom. The average Bonchev–Trinajstić information content (AvgIpc) is 2.82. The molecule has 0 spiro atoms. The Labute approximate surface area is 116 Å². The molecule has 0 aliphatic carbocycles. The minimum atomic E-state index is -0.357. The van der Waals surface area contributed by atoms with Crippen LogP contribution in [-0.2, 0) is 4.79 Å². The van der Waals surface area contributed by atoms with E-state index in [4.69, 9.17) is 0 Å². The second kappa shape index (κ2) is 4.77. The van der Waals surface area contributed by atoms with E-state index in [0.717, 1.165) is 12.1 Å². The van der Waals surface area contributed by atoms with Gasteiger partial charge in [-0.3, -0.25) is 14.9 Å². The Morgan fingerprint density at radius 3 is 2.90 bits per heavy atom. The summed E-state index contributed by atoms with van der Waals surface area (Å²) >= 11 is 0. The van der Waals surface area contributed by atoms with E-state index in [2.05, 4.69) is 5.32 Å². The first-order valence-corrected chi connectivity index (χ1v) is 6.91. The summed E-state index contributed by atoms with van der Waals surface area (Å²) in [4.78, 5) is 24.7. The molecular formula is C14H17N3O3. The highest BCUT2D eigenvalue weighted by atomic mass is 16.6. The molecule has 1 N–H and O–H groups in total. The van der Waals surface area contributed by atoms with E-state index in [-0.39, 0.29) is 28.6 Å². The molecule has 2 unspecified atom stereocenters. The van der Waals surface area contributed by atoms with Crippen LogP contribution in [0.5, 0.6) is 0 Å². The van der Waals surface area contributed by atoms with Crippen molar-refractivity contribution in [1.29, 1.82) is 0 Å². The monoisotopic (exact) mass is 275 g/mol. The lowest BCUT2D eigenvalue weighted by atomic mass is 9.91. The van der Waals surface area contributed by atoms with E-state index >= 15 is 0 Å². The Kier molecular flexibility index (Phi) is 3.08. The first kappa shape index (κ1) is 12.9. The minimum absolute atomic E-state index is 0.103. The summed E-state index contributed by atoms with van der Waals surface area (Å²) in [6.07, 6.45) is 2.10. The number of likely N-dealkylation sites (tertiary alicyclic amines) is 1. The van der Waals surface area contributed by atoms with Gasteiger partial charge in [-0.15, -0.1) is 0 Å². The quantitative estimate of drug-likeness (QED) is 0.664. The number of hydrogen-bond acceptors (Lipinski definition) is 4. The van der Waals surface area contributed by atoms with E-state index in [0.29, 0.717) is 24.9 Å². The van der Waals surface area contributed by atoms with E-state index in [1.165, 1.54) is 6.07 Å². The van der Waals surface area contributed by atoms with Crippen LogP contribution in [0.15, 0.2) is 18.2 Å². The molecule has 2 aliphatic rings. The zero-order chi connectivity index (χ0) is 14.3. The lowest BCUT2D eigenvalue weighted by Gasteiger charge is -2.36. The smallest absolute Gasteiger partial charge is 0.276 e. The van der Waals surface area contributed by atoms with Crippen molar-refractivity contribution in [2.24, 2.45) is 0 Å². The van der Waals surface area contributed by atoms with Gasteiger partial charge in [-0.05, 0) is 25.8 Å². The van der Waals surface area contributed by atoms with Crippen LogP contribution < -0.4 is 5.32 Å². The van der Waals surface area contributed by atoms with Crippen molar-refractivity contribution >= 4 is 17.3 Å². The minimum Gasteiger partial charge on any atom is -0.382 e. The van der Waals surface area contributed by atoms with Gasteiger partial charge >= 0.3 is 0 Å². The van der Waals surface area contributed by atoms with Gasteiger partial charge in [0.25, 0.3) is 5.69 Å². The van der Waals surface area contributed by atoms with Crippen molar-refractivity contribution in [2.75, 3.05) is 11.9 Å². The van der Waals surface area contributed by atoms with Crippen LogP contribution in [0, 0.1) is 10.1 Å². The van der Waals surface area contributed by atoms with E-state index < -0.39 is 0 Å². The molecule has 106 valence electrons. The van der Waals surface area contributed by atoms with Crippen LogP contribution in [0.1, 0.15) is 37.8 Å². The molecule has 1 fully saturated rings. The lowest BCUT2D eigenvalue weighted by molar-refractivity contribution is -0.385. The third kappa shape index (κ3) is 2.01. The fourth-order valence-electron chi connectivity index (χ4n) is 3.25. The number of nitro groups is 1. The van der Waals surface area contributed by atoms with Gasteiger partial charge in [0.1, 0.15) is 0 Å². The molecule has 3 rings (SSSR count). The number of carbonyl (C=O) groups is 1. The Balaban J connectivity index is 2.10. The Morgan fingerprint density at radius 1 is 1.45 bits per heavy atom. The zero-order valence-corrected chi connectivity index (χ0v) is 11.3. The second-order valence-corrected chi connectivity index (χ2v) is 5.48. The largest absolute Gasteiger partial charge is 0.382 e. The molecule has 2 aliphatic heterocycles. The summed E-state index contributed by atoms with van der Waals surface area (Å²) in [6, 6.07) is 5.07. The summed E-state index contributed by atoms with van der Waals surface area (Å²) < 4.78 is 0. The van der Waals surface area contributed by atoms with Gasteiger partial charge in [0.15, 0.2) is 0 Å². The number of rotatable bonds is 2. The highest BCUT2D eigenvalue weighted by Crippen LogP contribution is 2.43. The molecule has 0 saturated carbocycles. The maximum Gasteiger partial charge on any atom is 0.276 e. The first-order valence-electron chi connectivity index (χ1n) is 6.91. The molecule has 6 heteroatoms. The molecule has 1 amide bonds. The van der Waals surface area contributed by atoms with Gasteiger partial charge < -0.3 is 10.2 Å². The number of nitrogens with one attached hydrogen (secondary N) is 1. The number of anilines is 1. The van der Waals surface area contributed by atoms with E-state index in [9.17, 15) is 14.9 Å². The van der Waals surface area contributed by atoms with Gasteiger partial charge in [0.2, 0.25) is 5.91 Å². The third-order valence-corrected chi connectivity index (χ3v) is 4.08. The third-order valence-electron chi connectivity index (χ3n) is 4.08. The van der Waals surface area contributed by atoms with E-state index in [1.807, 2.05) is 17.9 Å². The summed E-state index contributed by atoms with van der Waals surface area (Å²) in [7, 11) is 0. The van der Waals surface area contributed by atoms with Crippen LogP contribution in [-0.4, -0.2) is 28.3 Å². The van der Waals surface area contributed by atoms with Crippen molar-refractivity contribution in [3.8, 4) is 0 Å². The van der Waals surface area contributed by atoms with E-state index in [1.54, 1.807) is 6.07 Å². The van der Waals surface area contributed by atoms with Crippen LogP contribution in [0.25, 0.3) is 0 Å². The highest BCUT2D eigenvalue weighted by Gasteiger charge is 2.38. The molecule has 0 aromatic heterocycles. The normalized spacial score (nSPS) is 25.2. The van der Waals surface area contributed by atoms with Crippen molar-refractivity contribution in [2.45, 2.75) is 38.3 Å². The number of hydrogen-bond donors (Lipinski definition) is 1. The topological polar surface area (TPSA) is 75.5 Å². The SMILES string of the molecule is CC1CC(N2CCCC2=O)c2c(cccc2[N+](=O)[O-])N1. The second-order valence-electron chi connectivity index (χ2n) is 5.48. The molecule has 0 radical (unpaired) electrons. The predicted molar refractivity (Wildman–Crippen MR) is 74.5 cm³/mol. The van der Waals surface area contributed by atoms with Gasteiger partial charge in [-0.25, -0.2) is 0 Å². The maximum absolute atomic E-state index is 12.0. The number of benzene rings is 1. The van der Waals surface area contributed by atoms with Gasteiger partial charge in [-0.1, -0.05) is 6.07 Å². The first-order chi connectivity index (χ1) is 9.58. The van der Waals surface area contributed by atoms with Crippen LogP contribution in [0.2, 0.25) is 0 Å².